The van der Waals surface area contributed by atoms with Gasteiger partial charge in [0.25, 0.3) is 11.9 Å². The Morgan fingerprint density at radius 2 is 2.00 bits per heavy atom. The molecule has 8 heteroatoms. The van der Waals surface area contributed by atoms with Crippen molar-refractivity contribution in [3.05, 3.63) is 54.0 Å². The van der Waals surface area contributed by atoms with Crippen LogP contribution in [-0.2, 0) is 5.54 Å². The van der Waals surface area contributed by atoms with Crippen molar-refractivity contribution < 1.29 is 13.9 Å². The van der Waals surface area contributed by atoms with Crippen LogP contribution in [-0.4, -0.2) is 26.5 Å². The highest BCUT2D eigenvalue weighted by Crippen LogP contribution is 2.24. The number of tetrazole rings is 1. The van der Waals surface area contributed by atoms with Gasteiger partial charge in [0.15, 0.2) is 11.6 Å². The smallest absolute Gasteiger partial charge is 0.290 e. The van der Waals surface area contributed by atoms with Crippen LogP contribution in [0.25, 0.3) is 0 Å². The third-order valence-corrected chi connectivity index (χ3v) is 3.10. The zero-order chi connectivity index (χ0) is 16.3. The number of aromatic amines is 1. The van der Waals surface area contributed by atoms with Crippen LogP contribution in [0, 0.1) is 0 Å². The van der Waals surface area contributed by atoms with Crippen LogP contribution in [0.2, 0.25) is 0 Å². The summed E-state index contributed by atoms with van der Waals surface area (Å²) in [6, 6.07) is 12.3. The average molecular weight is 313 g/mol. The Morgan fingerprint density at radius 3 is 2.70 bits per heavy atom. The van der Waals surface area contributed by atoms with Crippen LogP contribution in [0.3, 0.4) is 0 Å². The number of hydrogen-bond acceptors (Lipinski definition) is 6. The lowest BCUT2D eigenvalue weighted by Gasteiger charge is -2.21. The molecule has 0 radical (unpaired) electrons. The number of carbonyl (C=O) groups excluding carboxylic acids is 1. The predicted molar refractivity (Wildman–Crippen MR) is 79.9 cm³/mol. The van der Waals surface area contributed by atoms with Gasteiger partial charge in [-0.2, -0.15) is 5.21 Å². The Kier molecular flexibility index (Phi) is 3.80. The Hall–Kier alpha value is -3.16. The summed E-state index contributed by atoms with van der Waals surface area (Å²) in [5.41, 5.74) is -0.794. The average Bonchev–Trinajstić information content (AvgIpc) is 3.19. The maximum absolute atomic E-state index is 12.3. The number of benzene rings is 1. The van der Waals surface area contributed by atoms with Crippen molar-refractivity contribution >= 4 is 5.91 Å². The van der Waals surface area contributed by atoms with Crippen molar-refractivity contribution in [1.29, 1.82) is 0 Å². The number of aromatic nitrogens is 4. The Bertz CT molecular complexity index is 781. The van der Waals surface area contributed by atoms with E-state index in [4.69, 9.17) is 9.15 Å². The summed E-state index contributed by atoms with van der Waals surface area (Å²) in [4.78, 5) is 12.3. The monoisotopic (exact) mass is 313 g/mol. The van der Waals surface area contributed by atoms with E-state index in [-0.39, 0.29) is 11.7 Å². The van der Waals surface area contributed by atoms with Crippen molar-refractivity contribution in [3.63, 3.8) is 0 Å². The fraction of sp³-hybridized carbons (Fsp3) is 0.200. The van der Waals surface area contributed by atoms with Gasteiger partial charge in [-0.1, -0.05) is 23.4 Å². The van der Waals surface area contributed by atoms with E-state index >= 15 is 0 Å². The summed E-state index contributed by atoms with van der Waals surface area (Å²) in [6.07, 6.45) is 0. The minimum Gasteiger partial charge on any atom is -0.426 e. The van der Waals surface area contributed by atoms with Gasteiger partial charge < -0.3 is 14.5 Å². The second kappa shape index (κ2) is 5.91. The van der Waals surface area contributed by atoms with Gasteiger partial charge in [-0.05, 0) is 32.0 Å². The van der Waals surface area contributed by atoms with Crippen LogP contribution >= 0.6 is 0 Å². The quantitative estimate of drug-likeness (QED) is 0.748. The molecule has 0 spiro atoms. The van der Waals surface area contributed by atoms with Gasteiger partial charge in [-0.3, -0.25) is 4.79 Å². The summed E-state index contributed by atoms with van der Waals surface area (Å²) in [5.74, 6) is 0.966. The summed E-state index contributed by atoms with van der Waals surface area (Å²) in [6.45, 7) is 3.53. The molecule has 0 aliphatic rings. The number of H-pyrrole nitrogens is 1. The molecule has 23 heavy (non-hydrogen) atoms. The molecule has 0 saturated heterocycles. The van der Waals surface area contributed by atoms with Crippen LogP contribution < -0.4 is 10.1 Å². The second-order valence-corrected chi connectivity index (χ2v) is 5.35. The minimum absolute atomic E-state index is 0.132. The van der Waals surface area contributed by atoms with Crippen molar-refractivity contribution in [1.82, 2.24) is 25.9 Å². The van der Waals surface area contributed by atoms with E-state index in [2.05, 4.69) is 25.9 Å². The van der Waals surface area contributed by atoms with E-state index < -0.39 is 11.4 Å². The molecule has 2 N–H and O–H groups in total. The predicted octanol–water partition coefficient (Wildman–Crippen LogP) is 2.25. The van der Waals surface area contributed by atoms with Crippen LogP contribution in [0.15, 0.2) is 46.9 Å². The molecule has 0 fully saturated rings. The number of carbonyl (C=O) groups is 1. The third kappa shape index (κ3) is 3.37. The lowest BCUT2D eigenvalue weighted by molar-refractivity contribution is 0.0874. The first kappa shape index (κ1) is 14.8. The molecule has 0 unspecified atom stereocenters. The van der Waals surface area contributed by atoms with E-state index in [0.29, 0.717) is 11.6 Å². The normalized spacial score (nSPS) is 11.2. The van der Waals surface area contributed by atoms with Crippen LogP contribution in [0.4, 0.5) is 0 Å². The highest BCUT2D eigenvalue weighted by Gasteiger charge is 2.29. The number of hydrogen-bond donors (Lipinski definition) is 2. The van der Waals surface area contributed by atoms with Gasteiger partial charge in [0.05, 0.1) is 5.54 Å². The molecule has 1 aromatic carbocycles. The Labute approximate surface area is 131 Å². The molecule has 0 aliphatic heterocycles. The molecule has 0 atom stereocenters. The largest absolute Gasteiger partial charge is 0.426 e. The maximum atomic E-state index is 12.3. The zero-order valence-electron chi connectivity index (χ0n) is 12.6. The van der Waals surface area contributed by atoms with E-state index in [9.17, 15) is 4.79 Å². The van der Waals surface area contributed by atoms with Gasteiger partial charge >= 0.3 is 0 Å². The Balaban J connectivity index is 1.69. The molecule has 0 bridgehead atoms. The van der Waals surface area contributed by atoms with E-state index in [0.717, 1.165) is 0 Å². The number of furan rings is 1. The van der Waals surface area contributed by atoms with Crippen LogP contribution in [0.1, 0.15) is 30.2 Å². The SMILES string of the molecule is CC(C)(NC(=O)c1ccc(Oc2ccccc2)o1)c1nn[nH]n1. The summed E-state index contributed by atoms with van der Waals surface area (Å²) in [5, 5.41) is 16.4. The Morgan fingerprint density at radius 1 is 1.22 bits per heavy atom. The molecule has 8 nitrogen and oxygen atoms in total. The lowest BCUT2D eigenvalue weighted by Crippen LogP contribution is -2.41. The van der Waals surface area contributed by atoms with Gasteiger partial charge in [0.1, 0.15) is 5.75 Å². The number of nitrogens with one attached hydrogen (secondary N) is 2. The first-order valence-electron chi connectivity index (χ1n) is 6.94. The number of nitrogens with zero attached hydrogens (tertiary/aromatic N) is 3. The molecule has 2 heterocycles. The number of ether oxygens (including phenoxy) is 1. The van der Waals surface area contributed by atoms with Gasteiger partial charge in [-0.15, -0.1) is 10.2 Å². The van der Waals surface area contributed by atoms with E-state index in [1.54, 1.807) is 38.1 Å². The zero-order valence-corrected chi connectivity index (χ0v) is 12.6. The molecule has 2 aromatic heterocycles. The number of amides is 1. The summed E-state index contributed by atoms with van der Waals surface area (Å²) in [7, 11) is 0. The van der Waals surface area contributed by atoms with Crippen LogP contribution in [0.5, 0.6) is 11.7 Å². The van der Waals surface area contributed by atoms with Crippen molar-refractivity contribution in [2.45, 2.75) is 19.4 Å². The highest BCUT2D eigenvalue weighted by atomic mass is 16.6. The maximum Gasteiger partial charge on any atom is 0.290 e. The summed E-state index contributed by atoms with van der Waals surface area (Å²) >= 11 is 0. The standard InChI is InChI=1S/C15H15N5O3/c1-15(2,14-17-19-20-18-14)16-13(21)11-8-9-12(23-11)22-10-6-4-3-5-7-10/h3-9H,1-2H3,(H,16,21)(H,17,18,19,20). The fourth-order valence-corrected chi connectivity index (χ4v) is 1.93. The molecule has 3 rings (SSSR count). The second-order valence-electron chi connectivity index (χ2n) is 5.35. The molecule has 1 amide bonds. The molecular formula is C15H15N5O3. The fourth-order valence-electron chi connectivity index (χ4n) is 1.93. The number of rotatable bonds is 5. The van der Waals surface area contributed by atoms with Gasteiger partial charge in [0.2, 0.25) is 0 Å². The molecule has 118 valence electrons. The van der Waals surface area contributed by atoms with Crippen molar-refractivity contribution in [2.75, 3.05) is 0 Å². The van der Waals surface area contributed by atoms with Crippen molar-refractivity contribution in [3.8, 4) is 11.7 Å². The molecule has 0 aliphatic carbocycles. The first-order chi connectivity index (χ1) is 11.0. The highest BCUT2D eigenvalue weighted by molar-refractivity contribution is 5.92. The number of para-hydroxylation sites is 1. The third-order valence-electron chi connectivity index (χ3n) is 3.10. The first-order valence-corrected chi connectivity index (χ1v) is 6.94. The van der Waals surface area contributed by atoms with Gasteiger partial charge in [0, 0.05) is 6.07 Å². The minimum atomic E-state index is -0.794. The topological polar surface area (TPSA) is 106 Å². The van der Waals surface area contributed by atoms with E-state index in [1.807, 2.05) is 18.2 Å². The molecule has 3 aromatic rings. The summed E-state index contributed by atoms with van der Waals surface area (Å²) < 4.78 is 10.9. The van der Waals surface area contributed by atoms with Gasteiger partial charge in [-0.25, -0.2) is 0 Å². The molecular weight excluding hydrogens is 298 g/mol. The van der Waals surface area contributed by atoms with Crippen molar-refractivity contribution in [2.24, 2.45) is 0 Å². The molecule has 0 saturated carbocycles. The lowest BCUT2D eigenvalue weighted by atomic mass is 10.1. The van der Waals surface area contributed by atoms with E-state index in [1.165, 1.54) is 0 Å².